The van der Waals surface area contributed by atoms with E-state index < -0.39 is 0 Å². The average Bonchev–Trinajstić information content (AvgIpc) is 3.00. The normalized spacial score (nSPS) is 11.3. The number of hydrogen-bond donors (Lipinski definition) is 1. The molecule has 0 radical (unpaired) electrons. The summed E-state index contributed by atoms with van der Waals surface area (Å²) >= 11 is 0. The van der Waals surface area contributed by atoms with E-state index in [1.165, 1.54) is 5.56 Å². The summed E-state index contributed by atoms with van der Waals surface area (Å²) in [5, 5.41) is 2.95. The van der Waals surface area contributed by atoms with Crippen molar-refractivity contribution in [1.29, 1.82) is 0 Å². The van der Waals surface area contributed by atoms with Crippen molar-refractivity contribution >= 4 is 17.4 Å². The number of ketones is 1. The van der Waals surface area contributed by atoms with Crippen molar-refractivity contribution < 1.29 is 9.59 Å². The minimum Gasteiger partial charge on any atom is -0.382 e. The number of carbonyl (C=O) groups is 2. The Kier molecular flexibility index (Phi) is 26.5. The van der Waals surface area contributed by atoms with Crippen molar-refractivity contribution in [2.45, 2.75) is 107 Å². The third kappa shape index (κ3) is 19.7. The van der Waals surface area contributed by atoms with Crippen LogP contribution in [0.25, 0.3) is 0 Å². The first kappa shape index (κ1) is 45.0. The van der Waals surface area contributed by atoms with Crippen molar-refractivity contribution in [1.82, 2.24) is 10.2 Å². The molecule has 2 aromatic carbocycles. The smallest absolute Gasteiger partial charge is 0.254 e. The van der Waals surface area contributed by atoms with E-state index in [-0.39, 0.29) is 30.6 Å². The third-order valence-electron chi connectivity index (χ3n) is 6.43. The van der Waals surface area contributed by atoms with Crippen LogP contribution in [0.1, 0.15) is 111 Å². The second kappa shape index (κ2) is 26.0. The third-order valence-corrected chi connectivity index (χ3v) is 6.43. The predicted molar refractivity (Wildman–Crippen MR) is 196 cm³/mol. The monoisotopic (exact) mass is 608 g/mol. The maximum Gasteiger partial charge on any atom is 0.254 e. The summed E-state index contributed by atoms with van der Waals surface area (Å²) < 4.78 is 0. The fourth-order valence-electron chi connectivity index (χ4n) is 3.98. The SMILES string of the molecule is C.C/C=C\C(CN(C)C(=O)c1cc(CC)ccc1C(C)(C)C)=NC.C=CNC(CCC(C)C)C(C)=O.CC.c1ccccc1. The molecule has 1 N–H and O–H groups in total. The van der Waals surface area contributed by atoms with Gasteiger partial charge in [-0.25, -0.2) is 0 Å². The molecule has 248 valence electrons. The van der Waals surface area contributed by atoms with Gasteiger partial charge in [0.15, 0.2) is 5.78 Å². The molecule has 1 amide bonds. The van der Waals surface area contributed by atoms with Gasteiger partial charge in [0.1, 0.15) is 0 Å². The molecule has 0 bridgehead atoms. The van der Waals surface area contributed by atoms with Gasteiger partial charge < -0.3 is 10.2 Å². The molecule has 0 saturated heterocycles. The fourth-order valence-corrected chi connectivity index (χ4v) is 3.98. The number of rotatable bonds is 11. The minimum atomic E-state index is -0.0664. The van der Waals surface area contributed by atoms with Crippen molar-refractivity contribution in [3.05, 3.63) is 96.2 Å². The van der Waals surface area contributed by atoms with E-state index in [1.54, 1.807) is 25.1 Å². The number of hydrogen-bond acceptors (Lipinski definition) is 4. The topological polar surface area (TPSA) is 61.8 Å². The van der Waals surface area contributed by atoms with Gasteiger partial charge in [-0.05, 0) is 73.9 Å². The second-order valence-electron chi connectivity index (χ2n) is 11.5. The highest BCUT2D eigenvalue weighted by Gasteiger charge is 2.24. The molecule has 0 aromatic heterocycles. The predicted octanol–water partition coefficient (Wildman–Crippen LogP) is 9.73. The number of nitrogens with zero attached hydrogens (tertiary/aromatic N) is 2. The summed E-state index contributed by atoms with van der Waals surface area (Å²) in [6.07, 6.45) is 8.38. The molecule has 0 saturated carbocycles. The standard InChI is InChI=1S/C20H30N2O.C10H19NO.C6H6.C2H6.CH4/c1-8-10-16(21-6)14-22(7)19(23)17-13-15(9-2)11-12-18(17)20(3,4)5;1-5-11-10(9(4)12)7-6-8(2)3;1-2-4-6-5-3-1;1-2;/h8,10-13H,9,14H2,1-7H3;5,8,10-11H,1,6-7H2,2-4H3;1-6H;1-2H3;1H4/b10-8-,21-16?;;;;. The maximum atomic E-state index is 13.0. The molecule has 5 nitrogen and oxygen atoms in total. The first-order chi connectivity index (χ1) is 20.3. The molecule has 1 atom stereocenters. The molecule has 1 unspecified atom stereocenters. The van der Waals surface area contributed by atoms with Crippen LogP contribution in [0.15, 0.2) is 84.5 Å². The van der Waals surface area contributed by atoms with Crippen molar-refractivity contribution in [3.63, 3.8) is 0 Å². The van der Waals surface area contributed by atoms with Gasteiger partial charge in [-0.2, -0.15) is 0 Å². The summed E-state index contributed by atoms with van der Waals surface area (Å²) in [6, 6.07) is 18.2. The number of amides is 1. The van der Waals surface area contributed by atoms with Crippen LogP contribution in [0.5, 0.6) is 0 Å². The molecule has 0 spiro atoms. The van der Waals surface area contributed by atoms with E-state index in [0.29, 0.717) is 12.5 Å². The van der Waals surface area contributed by atoms with Crippen LogP contribution in [0.4, 0.5) is 0 Å². The Bertz CT molecular complexity index is 1070. The maximum absolute atomic E-state index is 13.0. The highest BCUT2D eigenvalue weighted by molar-refractivity contribution is 6.02. The van der Waals surface area contributed by atoms with Gasteiger partial charge in [-0.1, -0.05) is 124 Å². The number of carbonyl (C=O) groups excluding carboxylic acids is 2. The molecule has 0 aliphatic carbocycles. The lowest BCUT2D eigenvalue weighted by atomic mass is 9.82. The summed E-state index contributed by atoms with van der Waals surface area (Å²) in [6.45, 7) is 24.5. The molecule has 44 heavy (non-hydrogen) atoms. The lowest BCUT2D eigenvalue weighted by Crippen LogP contribution is -2.33. The van der Waals surface area contributed by atoms with Gasteiger partial charge in [0.05, 0.1) is 18.3 Å². The first-order valence-electron chi connectivity index (χ1n) is 15.7. The average molecular weight is 608 g/mol. The van der Waals surface area contributed by atoms with E-state index >= 15 is 0 Å². The summed E-state index contributed by atoms with van der Waals surface area (Å²) in [4.78, 5) is 30.0. The number of aryl methyl sites for hydroxylation is 1. The van der Waals surface area contributed by atoms with E-state index in [2.05, 4.69) is 70.6 Å². The summed E-state index contributed by atoms with van der Waals surface area (Å²) in [5.74, 6) is 0.893. The number of aliphatic imine (C=N–C) groups is 1. The lowest BCUT2D eigenvalue weighted by Gasteiger charge is -2.26. The van der Waals surface area contributed by atoms with Gasteiger partial charge in [-0.15, -0.1) is 0 Å². The van der Waals surface area contributed by atoms with Crippen LogP contribution in [0, 0.1) is 5.92 Å². The zero-order valence-electron chi connectivity index (χ0n) is 29.3. The molecule has 2 aromatic rings. The number of benzene rings is 2. The van der Waals surface area contributed by atoms with Crippen molar-refractivity contribution in [2.75, 3.05) is 20.6 Å². The molecule has 0 aliphatic heterocycles. The van der Waals surface area contributed by atoms with Crippen LogP contribution in [-0.2, 0) is 16.6 Å². The molecule has 2 rings (SSSR count). The Morgan fingerprint density at radius 2 is 1.55 bits per heavy atom. The van der Waals surface area contributed by atoms with Crippen molar-refractivity contribution in [3.8, 4) is 0 Å². The first-order valence-corrected chi connectivity index (χ1v) is 15.7. The quantitative estimate of drug-likeness (QED) is 0.259. The van der Waals surface area contributed by atoms with Crippen LogP contribution >= 0.6 is 0 Å². The molecule has 0 heterocycles. The van der Waals surface area contributed by atoms with E-state index in [0.717, 1.165) is 36.1 Å². The van der Waals surface area contributed by atoms with Crippen molar-refractivity contribution in [2.24, 2.45) is 10.9 Å². The summed E-state index contributed by atoms with van der Waals surface area (Å²) in [5.41, 5.74) is 3.91. The lowest BCUT2D eigenvalue weighted by molar-refractivity contribution is -0.118. The van der Waals surface area contributed by atoms with E-state index in [1.807, 2.05) is 82.4 Å². The highest BCUT2D eigenvalue weighted by atomic mass is 16.2. The number of nitrogens with one attached hydrogen (secondary N) is 1. The molecular weight excluding hydrogens is 542 g/mol. The largest absolute Gasteiger partial charge is 0.382 e. The molecule has 5 heteroatoms. The Morgan fingerprint density at radius 3 is 1.91 bits per heavy atom. The highest BCUT2D eigenvalue weighted by Crippen LogP contribution is 2.28. The van der Waals surface area contributed by atoms with Crippen LogP contribution in [0.3, 0.4) is 0 Å². The van der Waals surface area contributed by atoms with Gasteiger partial charge in [0.25, 0.3) is 5.91 Å². The molecule has 0 aliphatic rings. The number of Topliss-reactive ketones (excluding diaryl/α,β-unsaturated/α-hetero) is 1. The minimum absolute atomic E-state index is 0. The fraction of sp³-hybridized carbons (Fsp3) is 0.513. The molecular formula is C39H65N3O2. The zero-order chi connectivity index (χ0) is 33.4. The Balaban J connectivity index is -0.000000664. The van der Waals surface area contributed by atoms with Crippen LogP contribution in [0.2, 0.25) is 0 Å². The Labute approximate surface area is 272 Å². The van der Waals surface area contributed by atoms with Gasteiger partial charge in [0, 0.05) is 19.7 Å². The van der Waals surface area contributed by atoms with Crippen LogP contribution < -0.4 is 5.32 Å². The summed E-state index contributed by atoms with van der Waals surface area (Å²) in [7, 11) is 3.59. The van der Waals surface area contributed by atoms with Gasteiger partial charge in [0.2, 0.25) is 0 Å². The Morgan fingerprint density at radius 1 is 1.02 bits per heavy atom. The van der Waals surface area contributed by atoms with Gasteiger partial charge in [-0.3, -0.25) is 14.6 Å². The zero-order valence-corrected chi connectivity index (χ0v) is 29.3. The second-order valence-corrected chi connectivity index (χ2v) is 11.5. The van der Waals surface area contributed by atoms with Gasteiger partial charge >= 0.3 is 0 Å². The van der Waals surface area contributed by atoms with E-state index in [4.69, 9.17) is 0 Å². The molecule has 0 fully saturated rings. The number of allylic oxidation sites excluding steroid dienone is 1. The van der Waals surface area contributed by atoms with E-state index in [9.17, 15) is 9.59 Å². The van der Waals surface area contributed by atoms with Crippen LogP contribution in [-0.4, -0.2) is 49.0 Å². The Hall–Kier alpha value is -3.47.